The van der Waals surface area contributed by atoms with Crippen LogP contribution in [0.15, 0.2) is 30.6 Å². The number of halogens is 2. The lowest BCUT2D eigenvalue weighted by Gasteiger charge is -2.08. The quantitative estimate of drug-likeness (QED) is 0.873. The first kappa shape index (κ1) is 10.8. The first-order valence-corrected chi connectivity index (χ1v) is 5.05. The molecule has 0 aliphatic carbocycles. The molecule has 0 fully saturated rings. The van der Waals surface area contributed by atoms with Gasteiger partial charge in [-0.1, -0.05) is 17.7 Å². The van der Waals surface area contributed by atoms with Crippen LogP contribution in [0.2, 0.25) is 5.02 Å². The fraction of sp³-hybridized carbons (Fsp3) is 0.0909. The number of nitrogens with one attached hydrogen (secondary N) is 1. The fourth-order valence-electron chi connectivity index (χ4n) is 1.43. The van der Waals surface area contributed by atoms with E-state index in [1.807, 2.05) is 0 Å². The van der Waals surface area contributed by atoms with Crippen molar-refractivity contribution < 1.29 is 4.39 Å². The van der Waals surface area contributed by atoms with Gasteiger partial charge in [0.15, 0.2) is 5.82 Å². The number of anilines is 1. The summed E-state index contributed by atoms with van der Waals surface area (Å²) in [5, 5.41) is 3.17. The molecule has 0 bridgehead atoms. The molecule has 2 aromatic rings. The first-order chi connectivity index (χ1) is 7.74. The highest BCUT2D eigenvalue weighted by atomic mass is 35.5. The van der Waals surface area contributed by atoms with E-state index < -0.39 is 5.82 Å². The van der Waals surface area contributed by atoms with Gasteiger partial charge in [0, 0.05) is 19.4 Å². The van der Waals surface area contributed by atoms with E-state index in [1.165, 1.54) is 18.5 Å². The van der Waals surface area contributed by atoms with Crippen LogP contribution in [0.4, 0.5) is 10.2 Å². The van der Waals surface area contributed by atoms with Crippen LogP contribution in [0.25, 0.3) is 11.3 Å². The zero-order valence-corrected chi connectivity index (χ0v) is 9.29. The van der Waals surface area contributed by atoms with E-state index >= 15 is 0 Å². The van der Waals surface area contributed by atoms with Crippen molar-refractivity contribution in [1.29, 1.82) is 0 Å². The predicted octanol–water partition coefficient (Wildman–Crippen LogP) is 2.98. The molecule has 82 valence electrons. The molecule has 0 radical (unpaired) electrons. The molecule has 0 saturated heterocycles. The first-order valence-electron chi connectivity index (χ1n) is 4.67. The molecule has 1 aromatic carbocycles. The van der Waals surface area contributed by atoms with Gasteiger partial charge in [0.05, 0.1) is 10.6 Å². The second kappa shape index (κ2) is 4.45. The van der Waals surface area contributed by atoms with Gasteiger partial charge in [0.1, 0.15) is 11.5 Å². The maximum absolute atomic E-state index is 13.7. The Hall–Kier alpha value is -1.68. The van der Waals surface area contributed by atoms with E-state index in [2.05, 4.69) is 15.3 Å². The molecule has 0 aliphatic heterocycles. The SMILES string of the molecule is CNc1nccnc1-c1c(F)cccc1Cl. The lowest BCUT2D eigenvalue weighted by Crippen LogP contribution is -1.99. The molecule has 0 spiro atoms. The van der Waals surface area contributed by atoms with E-state index in [0.29, 0.717) is 16.5 Å². The van der Waals surface area contributed by atoms with Gasteiger partial charge in [0.2, 0.25) is 0 Å². The number of hydrogen-bond acceptors (Lipinski definition) is 3. The Kier molecular flexibility index (Phi) is 3.01. The Morgan fingerprint density at radius 2 is 2.00 bits per heavy atom. The highest BCUT2D eigenvalue weighted by Crippen LogP contribution is 2.32. The zero-order valence-electron chi connectivity index (χ0n) is 8.54. The molecule has 1 aromatic heterocycles. The molecule has 2 rings (SSSR count). The van der Waals surface area contributed by atoms with Crippen LogP contribution >= 0.6 is 11.6 Å². The summed E-state index contributed by atoms with van der Waals surface area (Å²) in [6.07, 6.45) is 3.03. The van der Waals surface area contributed by atoms with E-state index in [-0.39, 0.29) is 5.56 Å². The molecular formula is C11H9ClFN3. The van der Waals surface area contributed by atoms with Crippen molar-refractivity contribution in [3.63, 3.8) is 0 Å². The third kappa shape index (κ3) is 1.84. The van der Waals surface area contributed by atoms with Crippen molar-refractivity contribution >= 4 is 17.4 Å². The Balaban J connectivity index is 2.67. The molecule has 16 heavy (non-hydrogen) atoms. The summed E-state index contributed by atoms with van der Waals surface area (Å²) in [7, 11) is 1.70. The van der Waals surface area contributed by atoms with Crippen LogP contribution in [-0.2, 0) is 0 Å². The number of rotatable bonds is 2. The standard InChI is InChI=1S/C11H9ClFN3/c1-14-11-10(15-5-6-16-11)9-7(12)3-2-4-8(9)13/h2-6H,1H3,(H,14,16). The Morgan fingerprint density at radius 3 is 2.69 bits per heavy atom. The van der Waals surface area contributed by atoms with Gasteiger partial charge in [-0.15, -0.1) is 0 Å². The van der Waals surface area contributed by atoms with Gasteiger partial charge in [-0.05, 0) is 12.1 Å². The minimum absolute atomic E-state index is 0.265. The molecule has 5 heteroatoms. The lowest BCUT2D eigenvalue weighted by atomic mass is 10.1. The topological polar surface area (TPSA) is 37.8 Å². The number of aromatic nitrogens is 2. The molecule has 0 amide bonds. The van der Waals surface area contributed by atoms with Crippen molar-refractivity contribution in [3.05, 3.63) is 41.4 Å². The molecule has 0 unspecified atom stereocenters. The third-order valence-electron chi connectivity index (χ3n) is 2.13. The van der Waals surface area contributed by atoms with Gasteiger partial charge in [-0.25, -0.2) is 9.37 Å². The molecule has 3 nitrogen and oxygen atoms in total. The van der Waals surface area contributed by atoms with Crippen molar-refractivity contribution in [2.45, 2.75) is 0 Å². The average Bonchev–Trinajstić information content (AvgIpc) is 2.29. The fourth-order valence-corrected chi connectivity index (χ4v) is 1.68. The van der Waals surface area contributed by atoms with Crippen LogP contribution < -0.4 is 5.32 Å². The van der Waals surface area contributed by atoms with Crippen LogP contribution in [0.5, 0.6) is 0 Å². The minimum atomic E-state index is -0.412. The van der Waals surface area contributed by atoms with Gasteiger partial charge in [-0.2, -0.15) is 0 Å². The zero-order chi connectivity index (χ0) is 11.5. The third-order valence-corrected chi connectivity index (χ3v) is 2.45. The van der Waals surface area contributed by atoms with Gasteiger partial charge >= 0.3 is 0 Å². The lowest BCUT2D eigenvalue weighted by molar-refractivity contribution is 0.631. The van der Waals surface area contributed by atoms with E-state index in [0.717, 1.165) is 0 Å². The molecule has 0 saturated carbocycles. The maximum atomic E-state index is 13.7. The summed E-state index contributed by atoms with van der Waals surface area (Å²) in [4.78, 5) is 8.15. The summed E-state index contributed by atoms with van der Waals surface area (Å²) in [5.41, 5.74) is 0.676. The second-order valence-electron chi connectivity index (χ2n) is 3.10. The van der Waals surface area contributed by atoms with Crippen LogP contribution in [0, 0.1) is 5.82 Å². The minimum Gasteiger partial charge on any atom is -0.371 e. The normalized spacial score (nSPS) is 10.2. The van der Waals surface area contributed by atoms with Gasteiger partial charge in [-0.3, -0.25) is 4.98 Å². The Labute approximate surface area is 97.3 Å². The largest absolute Gasteiger partial charge is 0.371 e. The highest BCUT2D eigenvalue weighted by Gasteiger charge is 2.14. The van der Waals surface area contributed by atoms with Crippen LogP contribution in [-0.4, -0.2) is 17.0 Å². The summed E-state index contributed by atoms with van der Waals surface area (Å²) >= 11 is 5.96. The van der Waals surface area contributed by atoms with Crippen molar-refractivity contribution in [2.75, 3.05) is 12.4 Å². The molecule has 1 N–H and O–H groups in total. The molecule has 0 atom stereocenters. The number of hydrogen-bond donors (Lipinski definition) is 1. The van der Waals surface area contributed by atoms with Crippen molar-refractivity contribution in [2.24, 2.45) is 0 Å². The van der Waals surface area contributed by atoms with Crippen molar-refractivity contribution in [1.82, 2.24) is 9.97 Å². The Morgan fingerprint density at radius 1 is 1.25 bits per heavy atom. The van der Waals surface area contributed by atoms with E-state index in [9.17, 15) is 4.39 Å². The predicted molar refractivity (Wildman–Crippen MR) is 62.0 cm³/mol. The number of benzene rings is 1. The summed E-state index contributed by atoms with van der Waals surface area (Å²) in [5.74, 6) is 0.0824. The van der Waals surface area contributed by atoms with Gasteiger partial charge in [0.25, 0.3) is 0 Å². The van der Waals surface area contributed by atoms with Crippen molar-refractivity contribution in [3.8, 4) is 11.3 Å². The monoisotopic (exact) mass is 237 g/mol. The second-order valence-corrected chi connectivity index (χ2v) is 3.51. The smallest absolute Gasteiger partial charge is 0.152 e. The molecule has 0 aliphatic rings. The number of nitrogens with zero attached hydrogens (tertiary/aromatic N) is 2. The summed E-state index contributed by atoms with van der Waals surface area (Å²) in [6, 6.07) is 4.51. The summed E-state index contributed by atoms with van der Waals surface area (Å²) in [6.45, 7) is 0. The maximum Gasteiger partial charge on any atom is 0.152 e. The summed E-state index contributed by atoms with van der Waals surface area (Å²) < 4.78 is 13.7. The molecule has 1 heterocycles. The van der Waals surface area contributed by atoms with E-state index in [1.54, 1.807) is 19.2 Å². The highest BCUT2D eigenvalue weighted by molar-refractivity contribution is 6.33. The van der Waals surface area contributed by atoms with Crippen LogP contribution in [0.1, 0.15) is 0 Å². The van der Waals surface area contributed by atoms with Crippen LogP contribution in [0.3, 0.4) is 0 Å². The Bertz CT molecular complexity index is 496. The van der Waals surface area contributed by atoms with Gasteiger partial charge < -0.3 is 5.32 Å². The average molecular weight is 238 g/mol. The molecular weight excluding hydrogens is 229 g/mol. The van der Waals surface area contributed by atoms with E-state index in [4.69, 9.17) is 11.6 Å².